The third-order valence-corrected chi connectivity index (χ3v) is 5.41. The van der Waals surface area contributed by atoms with Crippen molar-refractivity contribution < 1.29 is 4.79 Å². The van der Waals surface area contributed by atoms with Crippen molar-refractivity contribution in [3.05, 3.63) is 0 Å². The summed E-state index contributed by atoms with van der Waals surface area (Å²) in [4.78, 5) is 15.1. The molecule has 1 aliphatic carbocycles. The Morgan fingerprint density at radius 1 is 1.33 bits per heavy atom. The molecule has 0 spiro atoms. The first-order valence-corrected chi connectivity index (χ1v) is 9.48. The van der Waals surface area contributed by atoms with Crippen molar-refractivity contribution in [2.24, 2.45) is 23.0 Å². The highest BCUT2D eigenvalue weighted by Crippen LogP contribution is 2.31. The average Bonchev–Trinajstić information content (AvgIpc) is 3.04. The van der Waals surface area contributed by atoms with Gasteiger partial charge in [-0.25, -0.2) is 0 Å². The van der Waals surface area contributed by atoms with E-state index in [-0.39, 0.29) is 23.3 Å². The minimum absolute atomic E-state index is 0.0364. The van der Waals surface area contributed by atoms with Crippen molar-refractivity contribution in [1.82, 2.24) is 10.2 Å². The fourth-order valence-electron chi connectivity index (χ4n) is 4.13. The van der Waals surface area contributed by atoms with E-state index in [1.54, 1.807) is 0 Å². The van der Waals surface area contributed by atoms with Crippen LogP contribution in [0.2, 0.25) is 0 Å². The Balaban J connectivity index is 2.09. The second-order valence-electron chi connectivity index (χ2n) is 8.79. The second kappa shape index (κ2) is 8.31. The van der Waals surface area contributed by atoms with Crippen LogP contribution in [-0.2, 0) is 4.79 Å². The lowest BCUT2D eigenvalue weighted by atomic mass is 9.79. The molecular weight excluding hydrogens is 300 g/mol. The van der Waals surface area contributed by atoms with Crippen LogP contribution in [0, 0.1) is 28.6 Å². The predicted octanol–water partition coefficient (Wildman–Crippen LogP) is 2.27. The van der Waals surface area contributed by atoms with Crippen molar-refractivity contribution >= 4 is 5.91 Å². The van der Waals surface area contributed by atoms with Crippen LogP contribution >= 0.6 is 0 Å². The van der Waals surface area contributed by atoms with Crippen LogP contribution in [-0.4, -0.2) is 42.5 Å². The van der Waals surface area contributed by atoms with Crippen molar-refractivity contribution in [2.45, 2.75) is 71.4 Å². The Bertz CT molecular complexity index is 459. The number of amides is 1. The summed E-state index contributed by atoms with van der Waals surface area (Å²) in [7, 11) is 0. The van der Waals surface area contributed by atoms with Gasteiger partial charge in [-0.15, -0.1) is 0 Å². The summed E-state index contributed by atoms with van der Waals surface area (Å²) in [5, 5.41) is 12.8. The topological polar surface area (TPSA) is 82.2 Å². The van der Waals surface area contributed by atoms with Gasteiger partial charge in [-0.3, -0.25) is 4.79 Å². The second-order valence-corrected chi connectivity index (χ2v) is 8.79. The van der Waals surface area contributed by atoms with Gasteiger partial charge in [-0.05, 0) is 43.6 Å². The molecule has 0 aromatic rings. The van der Waals surface area contributed by atoms with Crippen LogP contribution in [0.1, 0.15) is 59.3 Å². The Labute approximate surface area is 147 Å². The highest BCUT2D eigenvalue weighted by molar-refractivity contribution is 5.82. The molecule has 3 N–H and O–H groups in total. The first-order chi connectivity index (χ1) is 11.3. The Hall–Kier alpha value is -1.12. The van der Waals surface area contributed by atoms with E-state index in [0.717, 1.165) is 38.8 Å². The minimum Gasteiger partial charge on any atom is -0.337 e. The van der Waals surface area contributed by atoms with Crippen molar-refractivity contribution in [2.75, 3.05) is 19.6 Å². The maximum atomic E-state index is 13.1. The standard InChI is InChI=1S/C19H34N4O/c1-19(2,3)10-17(21)18(24)23(16-8-9-22-12-16)13-15-7-5-4-6-14(15)11-20/h14-17,22H,4-10,12-13,21H2,1-3H3. The van der Waals surface area contributed by atoms with Crippen molar-refractivity contribution in [1.29, 1.82) is 5.26 Å². The molecule has 2 aliphatic rings. The summed E-state index contributed by atoms with van der Waals surface area (Å²) in [5.41, 5.74) is 6.30. The molecule has 5 heteroatoms. The molecule has 1 heterocycles. The summed E-state index contributed by atoms with van der Waals surface area (Å²) in [6, 6.07) is 2.25. The van der Waals surface area contributed by atoms with Crippen molar-refractivity contribution in [3.63, 3.8) is 0 Å². The smallest absolute Gasteiger partial charge is 0.239 e. The zero-order valence-electron chi connectivity index (χ0n) is 15.6. The van der Waals surface area contributed by atoms with Gasteiger partial charge in [-0.2, -0.15) is 5.26 Å². The molecule has 0 radical (unpaired) electrons. The van der Waals surface area contributed by atoms with E-state index in [0.29, 0.717) is 18.9 Å². The number of nitrogens with two attached hydrogens (primary N) is 1. The van der Waals surface area contributed by atoms with Gasteiger partial charge in [0, 0.05) is 19.1 Å². The van der Waals surface area contributed by atoms with E-state index in [1.807, 2.05) is 4.90 Å². The molecule has 0 aromatic carbocycles. The van der Waals surface area contributed by atoms with Gasteiger partial charge in [0.25, 0.3) is 0 Å². The monoisotopic (exact) mass is 334 g/mol. The molecule has 4 unspecified atom stereocenters. The number of rotatable bonds is 5. The minimum atomic E-state index is -0.449. The first kappa shape index (κ1) is 19.2. The summed E-state index contributed by atoms with van der Waals surface area (Å²) in [5.74, 6) is 0.457. The quantitative estimate of drug-likeness (QED) is 0.808. The highest BCUT2D eigenvalue weighted by Gasteiger charge is 2.35. The van der Waals surface area contributed by atoms with Gasteiger partial charge in [-0.1, -0.05) is 33.6 Å². The lowest BCUT2D eigenvalue weighted by Crippen LogP contribution is -2.52. The Morgan fingerprint density at radius 2 is 2.04 bits per heavy atom. The molecule has 2 fully saturated rings. The van der Waals surface area contributed by atoms with Gasteiger partial charge in [0.05, 0.1) is 18.0 Å². The third kappa shape index (κ3) is 5.19. The SMILES string of the molecule is CC(C)(C)CC(N)C(=O)N(CC1CCCCC1C#N)C1CCNC1. The number of carbonyl (C=O) groups excluding carboxylic acids is 1. The lowest BCUT2D eigenvalue weighted by molar-refractivity contribution is -0.136. The van der Waals surface area contributed by atoms with Gasteiger partial charge < -0.3 is 16.0 Å². The number of nitriles is 1. The van der Waals surface area contributed by atoms with E-state index < -0.39 is 6.04 Å². The average molecular weight is 335 g/mol. The lowest BCUT2D eigenvalue weighted by Gasteiger charge is -2.37. The maximum absolute atomic E-state index is 13.1. The highest BCUT2D eigenvalue weighted by atomic mass is 16.2. The molecule has 4 atom stereocenters. The van der Waals surface area contributed by atoms with E-state index in [4.69, 9.17) is 5.73 Å². The number of hydrogen-bond acceptors (Lipinski definition) is 4. The molecule has 0 aromatic heterocycles. The van der Waals surface area contributed by atoms with Crippen LogP contribution in [0.4, 0.5) is 0 Å². The summed E-state index contributed by atoms with van der Waals surface area (Å²) in [6.07, 6.45) is 6.00. The summed E-state index contributed by atoms with van der Waals surface area (Å²) in [6.45, 7) is 8.85. The molecule has 0 bridgehead atoms. The molecule has 1 amide bonds. The molecule has 2 rings (SSSR count). The van der Waals surface area contributed by atoms with E-state index >= 15 is 0 Å². The molecular formula is C19H34N4O. The van der Waals surface area contributed by atoms with Crippen molar-refractivity contribution in [3.8, 4) is 6.07 Å². The molecule has 136 valence electrons. The van der Waals surface area contributed by atoms with Crippen LogP contribution in [0.3, 0.4) is 0 Å². The first-order valence-electron chi connectivity index (χ1n) is 9.48. The molecule has 1 saturated carbocycles. The van der Waals surface area contributed by atoms with Gasteiger partial charge in [0.15, 0.2) is 0 Å². The number of hydrogen-bond donors (Lipinski definition) is 2. The van der Waals surface area contributed by atoms with E-state index in [9.17, 15) is 10.1 Å². The zero-order valence-corrected chi connectivity index (χ0v) is 15.6. The van der Waals surface area contributed by atoms with Gasteiger partial charge >= 0.3 is 0 Å². The fraction of sp³-hybridized carbons (Fsp3) is 0.895. The van der Waals surface area contributed by atoms with E-state index in [2.05, 4.69) is 32.2 Å². The fourth-order valence-corrected chi connectivity index (χ4v) is 4.13. The summed E-state index contributed by atoms with van der Waals surface area (Å²) < 4.78 is 0. The number of carbonyl (C=O) groups is 1. The summed E-state index contributed by atoms with van der Waals surface area (Å²) >= 11 is 0. The molecule has 1 saturated heterocycles. The maximum Gasteiger partial charge on any atom is 0.239 e. The number of nitrogens with zero attached hydrogens (tertiary/aromatic N) is 2. The van der Waals surface area contributed by atoms with Gasteiger partial charge in [0.1, 0.15) is 0 Å². The Kier molecular flexibility index (Phi) is 6.65. The van der Waals surface area contributed by atoms with Gasteiger partial charge in [0.2, 0.25) is 5.91 Å². The Morgan fingerprint density at radius 3 is 2.62 bits per heavy atom. The zero-order chi connectivity index (χ0) is 17.7. The number of nitrogens with one attached hydrogen (secondary N) is 1. The normalized spacial score (nSPS) is 29.0. The van der Waals surface area contributed by atoms with Crippen LogP contribution in [0.5, 0.6) is 0 Å². The van der Waals surface area contributed by atoms with Crippen LogP contribution < -0.4 is 11.1 Å². The molecule has 5 nitrogen and oxygen atoms in total. The molecule has 24 heavy (non-hydrogen) atoms. The third-order valence-electron chi connectivity index (χ3n) is 5.41. The van der Waals surface area contributed by atoms with E-state index in [1.165, 1.54) is 6.42 Å². The largest absolute Gasteiger partial charge is 0.337 e. The van der Waals surface area contributed by atoms with Crippen LogP contribution in [0.15, 0.2) is 0 Å². The predicted molar refractivity (Wildman–Crippen MR) is 96.1 cm³/mol. The van der Waals surface area contributed by atoms with Crippen LogP contribution in [0.25, 0.3) is 0 Å². The molecule has 1 aliphatic heterocycles.